The normalized spacial score (nSPS) is 35.2. The number of carbonyl (C=O) groups is 1. The van der Waals surface area contributed by atoms with Crippen LogP contribution in [0.4, 0.5) is 0 Å². The van der Waals surface area contributed by atoms with E-state index >= 15 is 0 Å². The van der Waals surface area contributed by atoms with Crippen molar-refractivity contribution in [2.45, 2.75) is 38.7 Å². The average molecular weight is 216 g/mol. The molecule has 1 spiro atoms. The monoisotopic (exact) mass is 216 g/mol. The van der Waals surface area contributed by atoms with Gasteiger partial charge < -0.3 is 5.11 Å². The van der Waals surface area contributed by atoms with Crippen molar-refractivity contribution in [2.24, 2.45) is 5.41 Å². The van der Waals surface area contributed by atoms with Crippen molar-refractivity contribution in [3.63, 3.8) is 0 Å². The van der Waals surface area contributed by atoms with Crippen LogP contribution in [0.5, 0.6) is 0 Å². The van der Waals surface area contributed by atoms with Crippen LogP contribution in [-0.2, 0) is 4.79 Å². The molecule has 0 heterocycles. The largest absolute Gasteiger partial charge is 0.381 e. The molecule has 1 N–H and O–H groups in total. The Morgan fingerprint density at radius 3 is 2.62 bits per heavy atom. The summed E-state index contributed by atoms with van der Waals surface area (Å²) in [4.78, 5) is 12.3. The predicted octanol–water partition coefficient (Wildman–Crippen LogP) is 2.30. The zero-order valence-electron chi connectivity index (χ0n) is 9.71. The first-order valence-corrected chi connectivity index (χ1v) is 5.88. The van der Waals surface area contributed by atoms with Crippen LogP contribution in [0.1, 0.15) is 33.1 Å². The molecular formula is C14H16O2. The zero-order valence-corrected chi connectivity index (χ0v) is 9.71. The van der Waals surface area contributed by atoms with Crippen LogP contribution in [0.25, 0.3) is 0 Å². The van der Waals surface area contributed by atoms with Crippen LogP contribution in [0.3, 0.4) is 0 Å². The molecule has 3 aliphatic rings. The van der Waals surface area contributed by atoms with Crippen LogP contribution in [0.2, 0.25) is 0 Å². The third-order valence-electron chi connectivity index (χ3n) is 4.76. The zero-order chi connectivity index (χ0) is 11.6. The molecule has 1 saturated carbocycles. The van der Waals surface area contributed by atoms with Crippen molar-refractivity contribution in [1.29, 1.82) is 0 Å². The van der Waals surface area contributed by atoms with Gasteiger partial charge in [-0.2, -0.15) is 0 Å². The lowest BCUT2D eigenvalue weighted by Gasteiger charge is -2.54. The van der Waals surface area contributed by atoms with Gasteiger partial charge in [-0.1, -0.05) is 30.2 Å². The van der Waals surface area contributed by atoms with E-state index in [2.05, 4.69) is 6.92 Å². The van der Waals surface area contributed by atoms with Gasteiger partial charge in [-0.3, -0.25) is 4.79 Å². The first-order valence-electron chi connectivity index (χ1n) is 5.88. The molecule has 3 rings (SSSR count). The molecule has 2 nitrogen and oxygen atoms in total. The molecule has 0 bridgehead atoms. The molecule has 0 aromatic carbocycles. The van der Waals surface area contributed by atoms with E-state index in [-0.39, 0.29) is 11.2 Å². The lowest BCUT2D eigenvalue weighted by atomic mass is 9.50. The van der Waals surface area contributed by atoms with Gasteiger partial charge >= 0.3 is 0 Å². The molecule has 0 amide bonds. The van der Waals surface area contributed by atoms with E-state index in [9.17, 15) is 9.90 Å². The summed E-state index contributed by atoms with van der Waals surface area (Å²) in [5, 5.41) is 10.6. The molecule has 0 aromatic rings. The van der Waals surface area contributed by atoms with Crippen LogP contribution in [0.15, 0.2) is 34.9 Å². The summed E-state index contributed by atoms with van der Waals surface area (Å²) in [6.45, 7) is 3.76. The number of fused-ring (bicyclic) bond motifs is 1. The maximum atomic E-state index is 12.3. The molecule has 1 fully saturated rings. The standard InChI is InChI=1S/C14H16O2/c1-9-10-5-3-6-11(10)12(15)13(2,16)14(9)7-4-8-14/h3,5-6,16H,4,7-8H2,1-2H3. The summed E-state index contributed by atoms with van der Waals surface area (Å²) in [7, 11) is 0. The number of carbonyl (C=O) groups excluding carboxylic acids is 1. The van der Waals surface area contributed by atoms with Gasteiger partial charge in [0.15, 0.2) is 5.78 Å². The first kappa shape index (κ1) is 10.0. The fourth-order valence-electron chi connectivity index (χ4n) is 3.44. The molecular weight excluding hydrogens is 200 g/mol. The third kappa shape index (κ3) is 0.858. The van der Waals surface area contributed by atoms with Crippen LogP contribution in [0, 0.1) is 5.41 Å². The highest BCUT2D eigenvalue weighted by Gasteiger charge is 2.60. The Morgan fingerprint density at radius 2 is 2.06 bits per heavy atom. The molecule has 0 aliphatic heterocycles. The van der Waals surface area contributed by atoms with Gasteiger partial charge in [0.2, 0.25) is 0 Å². The van der Waals surface area contributed by atoms with Gasteiger partial charge in [0.25, 0.3) is 0 Å². The van der Waals surface area contributed by atoms with E-state index in [1.807, 2.05) is 18.2 Å². The highest BCUT2D eigenvalue weighted by molar-refractivity contribution is 6.09. The molecule has 0 radical (unpaired) electrons. The number of ketones is 1. The van der Waals surface area contributed by atoms with E-state index in [1.54, 1.807) is 6.92 Å². The number of rotatable bonds is 0. The Labute approximate surface area is 95.4 Å². The van der Waals surface area contributed by atoms with Crippen molar-refractivity contribution in [3.8, 4) is 0 Å². The summed E-state index contributed by atoms with van der Waals surface area (Å²) in [6.07, 6.45) is 8.69. The number of hydrogen-bond donors (Lipinski definition) is 1. The Hall–Kier alpha value is -1.15. The van der Waals surface area contributed by atoms with Crippen molar-refractivity contribution < 1.29 is 9.90 Å². The Morgan fingerprint density at radius 1 is 1.38 bits per heavy atom. The molecule has 0 aromatic heterocycles. The van der Waals surface area contributed by atoms with Gasteiger partial charge in [-0.15, -0.1) is 0 Å². The van der Waals surface area contributed by atoms with E-state index in [0.29, 0.717) is 5.57 Å². The molecule has 1 unspecified atom stereocenters. The quantitative estimate of drug-likeness (QED) is 0.674. The van der Waals surface area contributed by atoms with E-state index in [0.717, 1.165) is 24.8 Å². The maximum absolute atomic E-state index is 12.3. The molecule has 16 heavy (non-hydrogen) atoms. The maximum Gasteiger partial charge on any atom is 0.195 e. The second-order valence-corrected chi connectivity index (χ2v) is 5.32. The summed E-state index contributed by atoms with van der Waals surface area (Å²) in [5.74, 6) is -0.0993. The van der Waals surface area contributed by atoms with Crippen LogP contribution in [-0.4, -0.2) is 16.5 Å². The van der Waals surface area contributed by atoms with Crippen LogP contribution < -0.4 is 0 Å². The van der Waals surface area contributed by atoms with Crippen molar-refractivity contribution in [2.75, 3.05) is 0 Å². The van der Waals surface area contributed by atoms with E-state index in [1.165, 1.54) is 5.57 Å². The van der Waals surface area contributed by atoms with E-state index in [4.69, 9.17) is 0 Å². The fraction of sp³-hybridized carbons (Fsp3) is 0.500. The minimum atomic E-state index is -1.21. The van der Waals surface area contributed by atoms with E-state index < -0.39 is 5.60 Å². The third-order valence-corrected chi connectivity index (χ3v) is 4.76. The van der Waals surface area contributed by atoms with Crippen molar-refractivity contribution >= 4 is 5.78 Å². The Bertz CT molecular complexity index is 471. The van der Waals surface area contributed by atoms with Crippen LogP contribution >= 0.6 is 0 Å². The number of allylic oxidation sites excluding steroid dienone is 4. The summed E-state index contributed by atoms with van der Waals surface area (Å²) < 4.78 is 0. The van der Waals surface area contributed by atoms with Crippen molar-refractivity contribution in [1.82, 2.24) is 0 Å². The minimum absolute atomic E-state index is 0.0993. The number of hydrogen-bond acceptors (Lipinski definition) is 2. The topological polar surface area (TPSA) is 37.3 Å². The fourth-order valence-corrected chi connectivity index (χ4v) is 3.44. The second-order valence-electron chi connectivity index (χ2n) is 5.32. The number of Topliss-reactive ketones (excluding diaryl/α,β-unsaturated/α-hetero) is 1. The molecule has 84 valence electrons. The summed E-state index contributed by atoms with van der Waals surface area (Å²) >= 11 is 0. The average Bonchev–Trinajstić information content (AvgIpc) is 2.60. The Balaban J connectivity index is 2.26. The SMILES string of the molecule is CC1=C2C=CC=C2C(=O)C(C)(O)C12CCC2. The predicted molar refractivity (Wildman–Crippen MR) is 61.8 cm³/mol. The molecule has 0 saturated heterocycles. The van der Waals surface area contributed by atoms with Gasteiger partial charge in [-0.25, -0.2) is 0 Å². The highest BCUT2D eigenvalue weighted by Crippen LogP contribution is 2.59. The van der Waals surface area contributed by atoms with Gasteiger partial charge in [-0.05, 0) is 32.3 Å². The molecule has 1 atom stereocenters. The molecule has 3 aliphatic carbocycles. The minimum Gasteiger partial charge on any atom is -0.381 e. The molecule has 2 heteroatoms. The van der Waals surface area contributed by atoms with Gasteiger partial charge in [0, 0.05) is 11.0 Å². The second kappa shape index (κ2) is 2.75. The summed E-state index contributed by atoms with van der Waals surface area (Å²) in [5.41, 5.74) is 1.45. The highest BCUT2D eigenvalue weighted by atomic mass is 16.3. The smallest absolute Gasteiger partial charge is 0.195 e. The van der Waals surface area contributed by atoms with Gasteiger partial charge in [0.05, 0.1) is 0 Å². The van der Waals surface area contributed by atoms with Crippen molar-refractivity contribution in [3.05, 3.63) is 34.9 Å². The number of aliphatic hydroxyl groups is 1. The first-order chi connectivity index (χ1) is 7.51. The lowest BCUT2D eigenvalue weighted by Crippen LogP contribution is -2.59. The Kier molecular flexibility index (Phi) is 1.72. The van der Waals surface area contributed by atoms with Gasteiger partial charge in [0.1, 0.15) is 5.60 Å². The lowest BCUT2D eigenvalue weighted by molar-refractivity contribution is -0.152. The summed E-state index contributed by atoms with van der Waals surface area (Å²) in [6, 6.07) is 0.